The third-order valence-electron chi connectivity index (χ3n) is 5.11. The third kappa shape index (κ3) is 5.01. The van der Waals surface area contributed by atoms with Crippen LogP contribution >= 0.6 is 0 Å². The van der Waals surface area contributed by atoms with Gasteiger partial charge in [-0.15, -0.1) is 0 Å². The lowest BCUT2D eigenvalue weighted by atomic mass is 9.84. The van der Waals surface area contributed by atoms with Crippen LogP contribution in [-0.2, 0) is 10.4 Å². The van der Waals surface area contributed by atoms with Crippen molar-refractivity contribution < 1.29 is 14.6 Å². The van der Waals surface area contributed by atoms with E-state index in [-0.39, 0.29) is 0 Å². The van der Waals surface area contributed by atoms with E-state index >= 15 is 0 Å². The zero-order chi connectivity index (χ0) is 22.4. The van der Waals surface area contributed by atoms with E-state index < -0.39 is 11.5 Å². The fraction of sp³-hybridized carbons (Fsp3) is 0.231. The van der Waals surface area contributed by atoms with Gasteiger partial charge in [-0.25, -0.2) is 5.43 Å². The first-order valence-corrected chi connectivity index (χ1v) is 10.3. The zero-order valence-corrected chi connectivity index (χ0v) is 18.3. The van der Waals surface area contributed by atoms with Crippen molar-refractivity contribution in [2.45, 2.75) is 33.3 Å². The quantitative estimate of drug-likeness (QED) is 0.441. The van der Waals surface area contributed by atoms with Crippen LogP contribution < -0.4 is 10.2 Å². The molecule has 5 heteroatoms. The molecule has 160 valence electrons. The van der Waals surface area contributed by atoms with Crippen molar-refractivity contribution in [3.8, 4) is 5.75 Å². The molecular weight excluding hydrogens is 388 g/mol. The molecule has 3 rings (SSSR count). The molecule has 0 unspecified atom stereocenters. The van der Waals surface area contributed by atoms with E-state index in [2.05, 4.69) is 10.5 Å². The van der Waals surface area contributed by atoms with Crippen LogP contribution in [0.25, 0.3) is 0 Å². The van der Waals surface area contributed by atoms with E-state index in [1.165, 1.54) is 0 Å². The second-order valence-corrected chi connectivity index (χ2v) is 7.54. The van der Waals surface area contributed by atoms with Crippen LogP contribution in [0, 0.1) is 13.8 Å². The minimum atomic E-state index is -1.87. The summed E-state index contributed by atoms with van der Waals surface area (Å²) in [5.41, 5.74) is 5.03. The summed E-state index contributed by atoms with van der Waals surface area (Å²) in [5.74, 6) is 0.158. The Morgan fingerprint density at radius 2 is 1.52 bits per heavy atom. The molecule has 0 fully saturated rings. The number of aryl methyl sites for hydroxylation is 2. The van der Waals surface area contributed by atoms with Crippen molar-refractivity contribution in [3.63, 3.8) is 0 Å². The van der Waals surface area contributed by atoms with E-state index in [0.717, 1.165) is 22.4 Å². The lowest BCUT2D eigenvalue weighted by molar-refractivity contribution is -0.136. The molecule has 0 aliphatic heterocycles. The number of carbonyl (C=O) groups excluding carboxylic acids is 1. The number of nitrogens with zero attached hydrogens (tertiary/aromatic N) is 1. The van der Waals surface area contributed by atoms with E-state index in [1.54, 1.807) is 19.1 Å². The molecule has 0 atom stereocenters. The number of carbonyl (C=O) groups is 1. The first kappa shape index (κ1) is 22.2. The van der Waals surface area contributed by atoms with Gasteiger partial charge in [-0.3, -0.25) is 4.79 Å². The van der Waals surface area contributed by atoms with Crippen LogP contribution in [0.5, 0.6) is 5.75 Å². The highest BCUT2D eigenvalue weighted by atomic mass is 16.5. The Balaban J connectivity index is 1.92. The second-order valence-electron chi connectivity index (χ2n) is 7.54. The molecule has 0 saturated carbocycles. The molecule has 0 aromatic heterocycles. The summed E-state index contributed by atoms with van der Waals surface area (Å²) >= 11 is 0. The van der Waals surface area contributed by atoms with Crippen molar-refractivity contribution in [2.24, 2.45) is 5.10 Å². The number of benzene rings is 3. The number of ether oxygens (including phenoxy) is 1. The number of hydrogen-bond acceptors (Lipinski definition) is 4. The molecule has 0 heterocycles. The topological polar surface area (TPSA) is 70.9 Å². The molecular formula is C26H28N2O3. The molecule has 5 nitrogen and oxygen atoms in total. The first-order chi connectivity index (χ1) is 14.8. The second kappa shape index (κ2) is 9.58. The lowest BCUT2D eigenvalue weighted by Crippen LogP contribution is -2.44. The van der Waals surface area contributed by atoms with E-state index in [4.69, 9.17) is 4.74 Å². The monoisotopic (exact) mass is 416 g/mol. The van der Waals surface area contributed by atoms with Gasteiger partial charge >= 0.3 is 0 Å². The summed E-state index contributed by atoms with van der Waals surface area (Å²) in [4.78, 5) is 13.3. The zero-order valence-electron chi connectivity index (χ0n) is 18.3. The van der Waals surface area contributed by atoms with Crippen molar-refractivity contribution in [3.05, 3.63) is 101 Å². The lowest BCUT2D eigenvalue weighted by Gasteiger charge is -2.28. The van der Waals surface area contributed by atoms with Crippen molar-refractivity contribution in [2.75, 3.05) is 6.61 Å². The average Bonchev–Trinajstić information content (AvgIpc) is 2.77. The predicted octanol–water partition coefficient (Wildman–Crippen LogP) is 4.48. The molecule has 0 radical (unpaired) electrons. The van der Waals surface area contributed by atoms with Crippen LogP contribution in [0.3, 0.4) is 0 Å². The number of aliphatic hydroxyl groups is 1. The molecule has 2 N–H and O–H groups in total. The van der Waals surface area contributed by atoms with E-state index in [1.807, 2.05) is 81.4 Å². The van der Waals surface area contributed by atoms with E-state index in [9.17, 15) is 9.90 Å². The van der Waals surface area contributed by atoms with Crippen molar-refractivity contribution in [1.29, 1.82) is 0 Å². The van der Waals surface area contributed by atoms with Gasteiger partial charge in [0.15, 0.2) is 5.60 Å². The average molecular weight is 417 g/mol. The number of amides is 1. The van der Waals surface area contributed by atoms with Gasteiger partial charge in [0, 0.05) is 0 Å². The molecule has 31 heavy (non-hydrogen) atoms. The maximum Gasteiger partial charge on any atom is 0.281 e. The molecule has 0 aliphatic carbocycles. The molecule has 3 aromatic rings. The van der Waals surface area contributed by atoms with Crippen LogP contribution in [0.4, 0.5) is 0 Å². The van der Waals surface area contributed by atoms with Crippen molar-refractivity contribution >= 4 is 11.6 Å². The summed E-state index contributed by atoms with van der Waals surface area (Å²) < 4.78 is 5.46. The van der Waals surface area contributed by atoms with Crippen LogP contribution in [-0.4, -0.2) is 23.3 Å². The Morgan fingerprint density at radius 3 is 2.00 bits per heavy atom. The number of hydrogen-bond donors (Lipinski definition) is 2. The predicted molar refractivity (Wildman–Crippen MR) is 123 cm³/mol. The van der Waals surface area contributed by atoms with E-state index in [0.29, 0.717) is 23.4 Å². The smallest absolute Gasteiger partial charge is 0.281 e. The summed E-state index contributed by atoms with van der Waals surface area (Å²) in [6, 6.07) is 22.1. The number of nitrogens with one attached hydrogen (secondary N) is 1. The molecule has 3 aromatic carbocycles. The fourth-order valence-electron chi connectivity index (χ4n) is 3.41. The molecule has 1 amide bonds. The minimum Gasteiger partial charge on any atom is -0.494 e. The highest BCUT2D eigenvalue weighted by Gasteiger charge is 2.40. The highest BCUT2D eigenvalue weighted by molar-refractivity contribution is 6.00. The Morgan fingerprint density at radius 1 is 0.968 bits per heavy atom. The Labute approximate surface area is 183 Å². The maximum atomic E-state index is 13.3. The summed E-state index contributed by atoms with van der Waals surface area (Å²) in [7, 11) is 0. The third-order valence-corrected chi connectivity index (χ3v) is 5.11. The summed E-state index contributed by atoms with van der Waals surface area (Å²) in [5, 5.41) is 15.9. The first-order valence-electron chi connectivity index (χ1n) is 10.3. The number of rotatable bonds is 7. The Bertz CT molecular complexity index is 1040. The van der Waals surface area contributed by atoms with Gasteiger partial charge in [-0.1, -0.05) is 59.7 Å². The van der Waals surface area contributed by atoms with Crippen molar-refractivity contribution in [1.82, 2.24) is 5.43 Å². The summed E-state index contributed by atoms with van der Waals surface area (Å²) in [6.07, 6.45) is 0. The molecule has 0 aliphatic rings. The fourth-order valence-corrected chi connectivity index (χ4v) is 3.41. The standard InChI is InChI=1S/C26H28N2O3/c1-5-31-24-14-12-21(13-15-24)20(4)27-28-25(29)26(30,22-10-6-8-18(2)16-22)23-11-7-9-19(3)17-23/h6-17,30H,5H2,1-4H3,(H,28,29). The maximum absolute atomic E-state index is 13.3. The summed E-state index contributed by atoms with van der Waals surface area (Å²) in [6.45, 7) is 8.17. The van der Waals surface area contributed by atoms with Gasteiger partial charge in [-0.05, 0) is 68.7 Å². The van der Waals surface area contributed by atoms with Crippen LogP contribution in [0.1, 0.15) is 41.7 Å². The van der Waals surface area contributed by atoms with Gasteiger partial charge in [0.25, 0.3) is 5.91 Å². The van der Waals surface area contributed by atoms with Gasteiger partial charge in [0.1, 0.15) is 5.75 Å². The minimum absolute atomic E-state index is 0.490. The SMILES string of the molecule is CCOc1ccc(C(C)=NNC(=O)C(O)(c2cccc(C)c2)c2cccc(C)c2)cc1. The Kier molecular flexibility index (Phi) is 6.88. The van der Waals surface area contributed by atoms with Crippen LogP contribution in [0.2, 0.25) is 0 Å². The normalized spacial score (nSPS) is 11.8. The van der Waals surface area contributed by atoms with Gasteiger partial charge < -0.3 is 9.84 Å². The van der Waals surface area contributed by atoms with Gasteiger partial charge in [-0.2, -0.15) is 5.10 Å². The molecule has 0 spiro atoms. The Hall–Kier alpha value is -3.44. The van der Waals surface area contributed by atoms with Crippen LogP contribution in [0.15, 0.2) is 77.9 Å². The molecule has 0 saturated heterocycles. The number of hydrazone groups is 1. The van der Waals surface area contributed by atoms with Gasteiger partial charge in [0.05, 0.1) is 12.3 Å². The van der Waals surface area contributed by atoms with Gasteiger partial charge in [0.2, 0.25) is 0 Å². The molecule has 0 bridgehead atoms. The largest absolute Gasteiger partial charge is 0.494 e. The highest BCUT2D eigenvalue weighted by Crippen LogP contribution is 2.31.